The molecule has 1 amide bonds. The minimum absolute atomic E-state index is 0.178. The fraction of sp³-hybridized carbons (Fsp3) is 0.278. The van der Waals surface area contributed by atoms with E-state index in [2.05, 4.69) is 22.2 Å². The molecular weight excluding hydrogens is 325 g/mol. The molecular formula is C18H18FN3OS. The molecule has 0 atom stereocenters. The molecule has 0 radical (unpaired) electrons. The topological polar surface area (TPSA) is 54.9 Å². The average Bonchev–Trinajstić information content (AvgIpc) is 3.01. The van der Waals surface area contributed by atoms with Gasteiger partial charge in [0.05, 0.1) is 21.8 Å². The number of carbonyl (C=O) groups is 1. The van der Waals surface area contributed by atoms with Crippen LogP contribution >= 0.6 is 11.3 Å². The van der Waals surface area contributed by atoms with Gasteiger partial charge in [-0.3, -0.25) is 9.78 Å². The Labute approximate surface area is 143 Å². The second kappa shape index (κ2) is 7.05. The average molecular weight is 343 g/mol. The molecule has 0 fully saturated rings. The molecule has 3 aromatic rings. The summed E-state index contributed by atoms with van der Waals surface area (Å²) in [6.07, 6.45) is 1.62. The minimum Gasteiger partial charge on any atom is -0.352 e. The molecule has 4 nitrogen and oxygen atoms in total. The zero-order chi connectivity index (χ0) is 17.1. The van der Waals surface area contributed by atoms with Crippen molar-refractivity contribution in [3.63, 3.8) is 0 Å². The van der Waals surface area contributed by atoms with Crippen LogP contribution in [0.25, 0.3) is 10.9 Å². The van der Waals surface area contributed by atoms with Crippen LogP contribution in [0.5, 0.6) is 0 Å². The van der Waals surface area contributed by atoms with E-state index in [9.17, 15) is 9.18 Å². The molecule has 0 aliphatic heterocycles. The van der Waals surface area contributed by atoms with Gasteiger partial charge in [-0.1, -0.05) is 6.92 Å². The van der Waals surface area contributed by atoms with E-state index < -0.39 is 0 Å². The molecule has 1 aromatic carbocycles. The number of hydrogen-bond acceptors (Lipinski definition) is 4. The first-order valence-corrected chi connectivity index (χ1v) is 8.73. The van der Waals surface area contributed by atoms with Crippen molar-refractivity contribution in [2.45, 2.75) is 26.7 Å². The highest BCUT2D eigenvalue weighted by Crippen LogP contribution is 2.19. The van der Waals surface area contributed by atoms with Gasteiger partial charge in [-0.15, -0.1) is 11.3 Å². The van der Waals surface area contributed by atoms with Gasteiger partial charge in [-0.25, -0.2) is 9.37 Å². The lowest BCUT2D eigenvalue weighted by atomic mass is 10.1. The van der Waals surface area contributed by atoms with Gasteiger partial charge in [0.2, 0.25) is 0 Å². The molecule has 124 valence electrons. The molecule has 2 heterocycles. The van der Waals surface area contributed by atoms with Crippen LogP contribution in [0.2, 0.25) is 0 Å². The third kappa shape index (κ3) is 3.59. The van der Waals surface area contributed by atoms with Crippen molar-refractivity contribution in [2.75, 3.05) is 6.54 Å². The van der Waals surface area contributed by atoms with E-state index in [1.54, 1.807) is 30.4 Å². The largest absolute Gasteiger partial charge is 0.352 e. The summed E-state index contributed by atoms with van der Waals surface area (Å²) in [5.41, 5.74) is 2.69. The normalized spacial score (nSPS) is 11.0. The molecule has 1 N–H and O–H groups in total. The van der Waals surface area contributed by atoms with Gasteiger partial charge in [0.25, 0.3) is 5.91 Å². The van der Waals surface area contributed by atoms with Gasteiger partial charge in [0, 0.05) is 35.5 Å². The number of rotatable bonds is 5. The number of carbonyl (C=O) groups excluding carboxylic acids is 1. The van der Waals surface area contributed by atoms with Crippen LogP contribution in [-0.4, -0.2) is 22.4 Å². The van der Waals surface area contributed by atoms with Crippen LogP contribution in [0.4, 0.5) is 4.39 Å². The fourth-order valence-corrected chi connectivity index (χ4v) is 3.33. The molecule has 24 heavy (non-hydrogen) atoms. The second-order valence-electron chi connectivity index (χ2n) is 5.56. The molecule has 0 saturated heterocycles. The molecule has 0 bridgehead atoms. The Morgan fingerprint density at radius 1 is 1.29 bits per heavy atom. The number of hydrogen-bond donors (Lipinski definition) is 1. The Morgan fingerprint density at radius 3 is 2.88 bits per heavy atom. The van der Waals surface area contributed by atoms with E-state index in [-0.39, 0.29) is 11.7 Å². The first kappa shape index (κ1) is 16.5. The third-order valence-corrected chi connectivity index (χ3v) is 4.76. The lowest BCUT2D eigenvalue weighted by Crippen LogP contribution is -2.26. The predicted octanol–water partition coefficient (Wildman–Crippen LogP) is 3.67. The smallest absolute Gasteiger partial charge is 0.252 e. The Morgan fingerprint density at radius 2 is 2.12 bits per heavy atom. The molecule has 0 spiro atoms. The first-order valence-electron chi connectivity index (χ1n) is 7.85. The highest BCUT2D eigenvalue weighted by molar-refractivity contribution is 7.09. The van der Waals surface area contributed by atoms with Gasteiger partial charge < -0.3 is 5.32 Å². The summed E-state index contributed by atoms with van der Waals surface area (Å²) in [7, 11) is 0. The van der Waals surface area contributed by atoms with Gasteiger partial charge in [-0.2, -0.15) is 0 Å². The number of fused-ring (bicyclic) bond motifs is 1. The molecule has 0 aliphatic carbocycles. The SMILES string of the molecule is CCc1nc(CCNC(=O)c2cc(C)nc3cc(F)ccc23)cs1. The van der Waals surface area contributed by atoms with E-state index in [1.165, 1.54) is 12.1 Å². The number of aromatic nitrogens is 2. The maximum atomic E-state index is 13.4. The number of nitrogens with one attached hydrogen (secondary N) is 1. The van der Waals surface area contributed by atoms with Crippen molar-refractivity contribution in [1.82, 2.24) is 15.3 Å². The maximum absolute atomic E-state index is 13.4. The quantitative estimate of drug-likeness (QED) is 0.769. The van der Waals surface area contributed by atoms with Gasteiger partial charge in [0.15, 0.2) is 0 Å². The molecule has 0 unspecified atom stereocenters. The van der Waals surface area contributed by atoms with Crippen molar-refractivity contribution in [2.24, 2.45) is 0 Å². The van der Waals surface area contributed by atoms with Crippen LogP contribution in [0.1, 0.15) is 33.7 Å². The predicted molar refractivity (Wildman–Crippen MR) is 94.0 cm³/mol. The van der Waals surface area contributed by atoms with Gasteiger partial charge >= 0.3 is 0 Å². The third-order valence-electron chi connectivity index (χ3n) is 3.71. The summed E-state index contributed by atoms with van der Waals surface area (Å²) >= 11 is 1.64. The van der Waals surface area contributed by atoms with Crippen molar-refractivity contribution in [3.05, 3.63) is 57.4 Å². The number of aryl methyl sites for hydroxylation is 2. The van der Waals surface area contributed by atoms with Gasteiger partial charge in [-0.05, 0) is 31.5 Å². The van der Waals surface area contributed by atoms with Gasteiger partial charge in [0.1, 0.15) is 5.82 Å². The minimum atomic E-state index is -0.359. The molecule has 3 rings (SSSR count). The van der Waals surface area contributed by atoms with Crippen LogP contribution in [-0.2, 0) is 12.8 Å². The van der Waals surface area contributed by atoms with E-state index in [4.69, 9.17) is 0 Å². The Balaban J connectivity index is 1.73. The summed E-state index contributed by atoms with van der Waals surface area (Å²) in [5.74, 6) is -0.537. The summed E-state index contributed by atoms with van der Waals surface area (Å²) in [6.45, 7) is 4.38. The molecule has 6 heteroatoms. The van der Waals surface area contributed by atoms with Crippen LogP contribution in [0.15, 0.2) is 29.6 Å². The van der Waals surface area contributed by atoms with Crippen molar-refractivity contribution >= 4 is 28.1 Å². The summed E-state index contributed by atoms with van der Waals surface area (Å²) in [4.78, 5) is 21.3. The Hall–Kier alpha value is -2.34. The molecule has 2 aromatic heterocycles. The number of nitrogens with zero attached hydrogens (tertiary/aromatic N) is 2. The first-order chi connectivity index (χ1) is 11.6. The zero-order valence-electron chi connectivity index (χ0n) is 13.6. The highest BCUT2D eigenvalue weighted by Gasteiger charge is 2.12. The van der Waals surface area contributed by atoms with E-state index in [1.807, 2.05) is 5.38 Å². The molecule has 0 aliphatic rings. The summed E-state index contributed by atoms with van der Waals surface area (Å²) in [6, 6.07) is 6.02. The van der Waals surface area contributed by atoms with E-state index in [0.29, 0.717) is 35.1 Å². The number of amides is 1. The summed E-state index contributed by atoms with van der Waals surface area (Å²) < 4.78 is 13.4. The Bertz CT molecular complexity index is 886. The van der Waals surface area contributed by atoms with E-state index in [0.717, 1.165) is 17.1 Å². The molecule has 0 saturated carbocycles. The Kier molecular flexibility index (Phi) is 4.85. The lowest BCUT2D eigenvalue weighted by molar-refractivity contribution is 0.0955. The van der Waals surface area contributed by atoms with Crippen LogP contribution in [0.3, 0.4) is 0 Å². The van der Waals surface area contributed by atoms with Crippen LogP contribution < -0.4 is 5.32 Å². The fourth-order valence-electron chi connectivity index (χ4n) is 2.55. The van der Waals surface area contributed by atoms with Crippen molar-refractivity contribution < 1.29 is 9.18 Å². The zero-order valence-corrected chi connectivity index (χ0v) is 14.4. The monoisotopic (exact) mass is 343 g/mol. The number of thiazole rings is 1. The van der Waals surface area contributed by atoms with Crippen molar-refractivity contribution in [3.8, 4) is 0 Å². The summed E-state index contributed by atoms with van der Waals surface area (Å²) in [5, 5.41) is 6.70. The van der Waals surface area contributed by atoms with Crippen molar-refractivity contribution in [1.29, 1.82) is 0 Å². The number of benzene rings is 1. The highest BCUT2D eigenvalue weighted by atomic mass is 32.1. The second-order valence-corrected chi connectivity index (χ2v) is 6.51. The van der Waals surface area contributed by atoms with E-state index >= 15 is 0 Å². The number of halogens is 1. The lowest BCUT2D eigenvalue weighted by Gasteiger charge is -2.09. The standard InChI is InChI=1S/C18H18FN3OS/c1-3-17-22-13(10-24-17)6-7-20-18(23)15-8-11(2)21-16-9-12(19)4-5-14(15)16/h4-5,8-10H,3,6-7H2,1-2H3,(H,20,23). The van der Waals surface area contributed by atoms with Crippen LogP contribution in [0, 0.1) is 12.7 Å². The number of pyridine rings is 1. The maximum Gasteiger partial charge on any atom is 0.252 e.